The van der Waals surface area contributed by atoms with Crippen molar-refractivity contribution < 1.29 is 23.7 Å². The Morgan fingerprint density at radius 3 is 2.68 bits per heavy atom. The van der Waals surface area contributed by atoms with Crippen molar-refractivity contribution in [3.63, 3.8) is 0 Å². The molecule has 2 aromatic rings. The van der Waals surface area contributed by atoms with E-state index in [2.05, 4.69) is 5.32 Å². The van der Waals surface area contributed by atoms with Crippen LogP contribution in [0.25, 0.3) is 0 Å². The van der Waals surface area contributed by atoms with Crippen LogP contribution in [0.3, 0.4) is 0 Å². The number of hydrogen-bond donors (Lipinski definition) is 1. The van der Waals surface area contributed by atoms with Gasteiger partial charge in [0.15, 0.2) is 29.1 Å². The van der Waals surface area contributed by atoms with Gasteiger partial charge in [-0.25, -0.2) is 0 Å². The third kappa shape index (κ3) is 3.96. The number of hydrogen-bond acceptors (Lipinski definition) is 5. The number of nitrogens with one attached hydrogen (secondary N) is 1. The fourth-order valence-electron chi connectivity index (χ4n) is 2.55. The lowest BCUT2D eigenvalue weighted by molar-refractivity contribution is -0.128. The lowest BCUT2D eigenvalue weighted by Gasteiger charge is -2.19. The molecule has 1 aliphatic rings. The zero-order chi connectivity index (χ0) is 17.6. The lowest BCUT2D eigenvalue weighted by atomic mass is 10.2. The molecule has 1 amide bonds. The standard InChI is InChI=1S/C19H21NO5/c1-3-14(25-17-7-5-4-6-15(17)22-2)19(21)20-11-13-8-9-16-18(10-13)24-12-23-16/h4-10,14H,3,11-12H2,1-2H3,(H,20,21)/t14-/m0/s1. The smallest absolute Gasteiger partial charge is 0.261 e. The van der Waals surface area contributed by atoms with Gasteiger partial charge >= 0.3 is 0 Å². The van der Waals surface area contributed by atoms with Gasteiger partial charge in [0.05, 0.1) is 7.11 Å². The molecule has 3 rings (SSSR count). The second-order valence-electron chi connectivity index (χ2n) is 5.57. The summed E-state index contributed by atoms with van der Waals surface area (Å²) in [6.45, 7) is 2.53. The lowest BCUT2D eigenvalue weighted by Crippen LogP contribution is -2.37. The molecule has 0 bridgehead atoms. The molecular formula is C19H21NO5. The maximum atomic E-state index is 12.5. The van der Waals surface area contributed by atoms with Crippen LogP contribution in [0.2, 0.25) is 0 Å². The number of rotatable bonds is 7. The number of fused-ring (bicyclic) bond motifs is 1. The maximum absolute atomic E-state index is 12.5. The van der Waals surface area contributed by atoms with Gasteiger partial charge in [-0.05, 0) is 36.2 Å². The molecule has 0 spiro atoms. The fraction of sp³-hybridized carbons (Fsp3) is 0.316. The van der Waals surface area contributed by atoms with Crippen LogP contribution in [-0.2, 0) is 11.3 Å². The predicted molar refractivity (Wildman–Crippen MR) is 92.1 cm³/mol. The molecular weight excluding hydrogens is 322 g/mol. The normalized spacial score (nSPS) is 13.2. The number of carbonyl (C=O) groups excluding carboxylic acids is 1. The van der Waals surface area contributed by atoms with Crippen LogP contribution in [0.1, 0.15) is 18.9 Å². The third-order valence-corrected chi connectivity index (χ3v) is 3.91. The summed E-state index contributed by atoms with van der Waals surface area (Å²) in [5.74, 6) is 2.40. The molecule has 132 valence electrons. The van der Waals surface area contributed by atoms with E-state index in [9.17, 15) is 4.79 Å². The van der Waals surface area contributed by atoms with E-state index in [1.165, 1.54) is 0 Å². The minimum atomic E-state index is -0.592. The molecule has 6 nitrogen and oxygen atoms in total. The van der Waals surface area contributed by atoms with Crippen LogP contribution < -0.4 is 24.3 Å². The highest BCUT2D eigenvalue weighted by molar-refractivity contribution is 5.81. The topological polar surface area (TPSA) is 66.0 Å². The molecule has 0 fully saturated rings. The van der Waals surface area contributed by atoms with Crippen molar-refractivity contribution in [2.45, 2.75) is 26.0 Å². The zero-order valence-corrected chi connectivity index (χ0v) is 14.3. The molecule has 0 aliphatic carbocycles. The summed E-state index contributed by atoms with van der Waals surface area (Å²) >= 11 is 0. The summed E-state index contributed by atoms with van der Waals surface area (Å²) in [7, 11) is 1.57. The Hall–Kier alpha value is -2.89. The van der Waals surface area contributed by atoms with Gasteiger partial charge < -0.3 is 24.3 Å². The maximum Gasteiger partial charge on any atom is 0.261 e. The average Bonchev–Trinajstić information content (AvgIpc) is 3.12. The number of carbonyl (C=O) groups is 1. The largest absolute Gasteiger partial charge is 0.493 e. The molecule has 2 aromatic carbocycles. The van der Waals surface area contributed by atoms with E-state index >= 15 is 0 Å². The van der Waals surface area contributed by atoms with Gasteiger partial charge in [0.25, 0.3) is 5.91 Å². The molecule has 1 N–H and O–H groups in total. The molecule has 0 unspecified atom stereocenters. The average molecular weight is 343 g/mol. The van der Waals surface area contributed by atoms with Crippen molar-refractivity contribution in [3.05, 3.63) is 48.0 Å². The van der Waals surface area contributed by atoms with E-state index in [1.54, 1.807) is 19.2 Å². The molecule has 0 saturated heterocycles. The fourth-order valence-corrected chi connectivity index (χ4v) is 2.55. The van der Waals surface area contributed by atoms with E-state index in [1.807, 2.05) is 37.3 Å². The molecule has 6 heteroatoms. The van der Waals surface area contributed by atoms with E-state index < -0.39 is 6.10 Å². The molecule has 1 heterocycles. The summed E-state index contributed by atoms with van der Waals surface area (Å²) in [5, 5.41) is 2.90. The quantitative estimate of drug-likeness (QED) is 0.837. The number of amides is 1. The van der Waals surface area contributed by atoms with Crippen LogP contribution in [0.5, 0.6) is 23.0 Å². The van der Waals surface area contributed by atoms with Crippen molar-refractivity contribution >= 4 is 5.91 Å². The van der Waals surface area contributed by atoms with Gasteiger partial charge in [-0.2, -0.15) is 0 Å². The van der Waals surface area contributed by atoms with Crippen molar-refractivity contribution in [1.29, 1.82) is 0 Å². The van der Waals surface area contributed by atoms with Crippen molar-refractivity contribution in [1.82, 2.24) is 5.32 Å². The van der Waals surface area contributed by atoms with Gasteiger partial charge in [-0.1, -0.05) is 25.1 Å². The first-order valence-electron chi connectivity index (χ1n) is 8.17. The second kappa shape index (κ2) is 7.79. The minimum Gasteiger partial charge on any atom is -0.493 e. The van der Waals surface area contributed by atoms with Gasteiger partial charge in [0.2, 0.25) is 6.79 Å². The Balaban J connectivity index is 1.60. The Labute approximate surface area is 146 Å². The number of benzene rings is 2. The highest BCUT2D eigenvalue weighted by Crippen LogP contribution is 2.32. The number of ether oxygens (including phenoxy) is 4. The molecule has 1 atom stereocenters. The van der Waals surface area contributed by atoms with Gasteiger partial charge in [0.1, 0.15) is 0 Å². The van der Waals surface area contributed by atoms with Gasteiger partial charge in [-0.3, -0.25) is 4.79 Å². The van der Waals surface area contributed by atoms with E-state index in [4.69, 9.17) is 18.9 Å². The van der Waals surface area contributed by atoms with E-state index in [0.29, 0.717) is 30.2 Å². The van der Waals surface area contributed by atoms with Crippen LogP contribution in [-0.4, -0.2) is 25.9 Å². The Morgan fingerprint density at radius 2 is 1.92 bits per heavy atom. The Morgan fingerprint density at radius 1 is 1.16 bits per heavy atom. The monoisotopic (exact) mass is 343 g/mol. The van der Waals surface area contributed by atoms with E-state index in [0.717, 1.165) is 11.3 Å². The summed E-state index contributed by atoms with van der Waals surface area (Å²) in [6, 6.07) is 12.9. The Kier molecular flexibility index (Phi) is 5.28. The summed E-state index contributed by atoms with van der Waals surface area (Å²) < 4.78 is 21.7. The zero-order valence-electron chi connectivity index (χ0n) is 14.3. The van der Waals surface area contributed by atoms with Crippen molar-refractivity contribution in [3.8, 4) is 23.0 Å². The summed E-state index contributed by atoms with van der Waals surface area (Å²) in [6.07, 6.45) is -0.0457. The minimum absolute atomic E-state index is 0.175. The number of para-hydroxylation sites is 2. The first-order chi connectivity index (χ1) is 12.2. The highest BCUT2D eigenvalue weighted by Gasteiger charge is 2.20. The third-order valence-electron chi connectivity index (χ3n) is 3.91. The van der Waals surface area contributed by atoms with Gasteiger partial charge in [-0.15, -0.1) is 0 Å². The SMILES string of the molecule is CC[C@H](Oc1ccccc1OC)C(=O)NCc1ccc2c(c1)OCO2. The molecule has 25 heavy (non-hydrogen) atoms. The molecule has 0 saturated carbocycles. The first kappa shape index (κ1) is 17.0. The predicted octanol–water partition coefficient (Wildman–Crippen LogP) is 2.90. The summed E-state index contributed by atoms with van der Waals surface area (Å²) in [4.78, 5) is 12.5. The highest BCUT2D eigenvalue weighted by atomic mass is 16.7. The van der Waals surface area contributed by atoms with Crippen LogP contribution >= 0.6 is 0 Å². The summed E-state index contributed by atoms with van der Waals surface area (Å²) in [5.41, 5.74) is 0.935. The van der Waals surface area contributed by atoms with Gasteiger partial charge in [0, 0.05) is 6.54 Å². The van der Waals surface area contributed by atoms with Crippen LogP contribution in [0.15, 0.2) is 42.5 Å². The Bertz CT molecular complexity index is 746. The first-order valence-corrected chi connectivity index (χ1v) is 8.17. The van der Waals surface area contributed by atoms with Crippen molar-refractivity contribution in [2.24, 2.45) is 0 Å². The van der Waals surface area contributed by atoms with Crippen LogP contribution in [0.4, 0.5) is 0 Å². The molecule has 0 aromatic heterocycles. The molecule has 1 aliphatic heterocycles. The second-order valence-corrected chi connectivity index (χ2v) is 5.57. The number of methoxy groups -OCH3 is 1. The molecule has 0 radical (unpaired) electrons. The van der Waals surface area contributed by atoms with Crippen molar-refractivity contribution in [2.75, 3.05) is 13.9 Å². The van der Waals surface area contributed by atoms with E-state index in [-0.39, 0.29) is 12.7 Å². The van der Waals surface area contributed by atoms with Crippen LogP contribution in [0, 0.1) is 0 Å².